The Morgan fingerprint density at radius 2 is 1.50 bits per heavy atom. The predicted octanol–water partition coefficient (Wildman–Crippen LogP) is 4.03. The van der Waals surface area contributed by atoms with E-state index in [2.05, 4.69) is 20.9 Å². The monoisotopic (exact) mass is 450 g/mol. The first-order chi connectivity index (χ1) is 15.4. The zero-order valence-corrected chi connectivity index (χ0v) is 18.5. The first-order valence-electron chi connectivity index (χ1n) is 11.5. The summed E-state index contributed by atoms with van der Waals surface area (Å²) in [6.07, 6.45) is 8.18. The van der Waals surface area contributed by atoms with E-state index in [1.165, 1.54) is 12.5 Å². The lowest BCUT2D eigenvalue weighted by atomic mass is 9.91. The maximum Gasteiger partial charge on any atom is 0.407 e. The SMILES string of the molecule is CCOC(=O)N[C@H]1CC[C@H](N/C(=N\C(=O)c2ccc(F)c(F)c2)NC2CCCCC2)CC1. The third kappa shape index (κ3) is 7.17. The molecule has 0 radical (unpaired) electrons. The second kappa shape index (κ2) is 11.8. The van der Waals surface area contributed by atoms with Gasteiger partial charge in [-0.1, -0.05) is 19.3 Å². The van der Waals surface area contributed by atoms with Crippen LogP contribution in [-0.2, 0) is 4.74 Å². The molecule has 0 atom stereocenters. The van der Waals surface area contributed by atoms with Crippen LogP contribution in [0.4, 0.5) is 13.6 Å². The van der Waals surface area contributed by atoms with Gasteiger partial charge < -0.3 is 20.7 Å². The quantitative estimate of drug-likeness (QED) is 0.465. The first-order valence-corrected chi connectivity index (χ1v) is 11.5. The summed E-state index contributed by atoms with van der Waals surface area (Å²) in [5.41, 5.74) is -0.00371. The molecule has 2 saturated carbocycles. The van der Waals surface area contributed by atoms with Crippen molar-refractivity contribution in [2.45, 2.75) is 82.8 Å². The molecule has 1 aromatic carbocycles. The number of benzene rings is 1. The molecule has 2 fully saturated rings. The number of amides is 2. The Hall–Kier alpha value is -2.71. The van der Waals surface area contributed by atoms with Gasteiger partial charge in [0.1, 0.15) is 0 Å². The van der Waals surface area contributed by atoms with Crippen LogP contribution in [-0.4, -0.2) is 42.7 Å². The summed E-state index contributed by atoms with van der Waals surface area (Å²) in [4.78, 5) is 28.4. The van der Waals surface area contributed by atoms with Crippen LogP contribution < -0.4 is 16.0 Å². The van der Waals surface area contributed by atoms with Crippen LogP contribution in [0.1, 0.15) is 75.1 Å². The molecular weight excluding hydrogens is 418 g/mol. The van der Waals surface area contributed by atoms with Crippen molar-refractivity contribution in [2.75, 3.05) is 6.61 Å². The van der Waals surface area contributed by atoms with E-state index in [4.69, 9.17) is 4.74 Å². The molecular formula is C23H32F2N4O3. The molecule has 0 aliphatic heterocycles. The van der Waals surface area contributed by atoms with E-state index in [0.29, 0.717) is 12.6 Å². The van der Waals surface area contributed by atoms with Crippen molar-refractivity contribution in [3.63, 3.8) is 0 Å². The highest BCUT2D eigenvalue weighted by molar-refractivity contribution is 6.02. The normalized spacial score (nSPS) is 22.2. The average molecular weight is 451 g/mol. The number of halogens is 2. The van der Waals surface area contributed by atoms with E-state index in [1.54, 1.807) is 6.92 Å². The lowest BCUT2D eigenvalue weighted by Crippen LogP contribution is -2.50. The molecule has 2 aliphatic carbocycles. The molecule has 0 spiro atoms. The van der Waals surface area contributed by atoms with Crippen molar-refractivity contribution in [2.24, 2.45) is 4.99 Å². The van der Waals surface area contributed by atoms with Crippen molar-refractivity contribution in [1.29, 1.82) is 0 Å². The second-order valence-corrected chi connectivity index (χ2v) is 8.43. The van der Waals surface area contributed by atoms with Crippen molar-refractivity contribution in [3.8, 4) is 0 Å². The molecule has 0 bridgehead atoms. The molecule has 0 unspecified atom stereocenters. The zero-order valence-electron chi connectivity index (χ0n) is 18.5. The Kier molecular flexibility index (Phi) is 8.81. The lowest BCUT2D eigenvalue weighted by Gasteiger charge is -2.32. The van der Waals surface area contributed by atoms with Crippen LogP contribution in [0.2, 0.25) is 0 Å². The fourth-order valence-corrected chi connectivity index (χ4v) is 4.26. The van der Waals surface area contributed by atoms with Crippen molar-refractivity contribution in [3.05, 3.63) is 35.4 Å². The van der Waals surface area contributed by atoms with Gasteiger partial charge in [-0.3, -0.25) is 4.79 Å². The fraction of sp³-hybridized carbons (Fsp3) is 0.609. The molecule has 7 nitrogen and oxygen atoms in total. The van der Waals surface area contributed by atoms with E-state index in [0.717, 1.165) is 63.5 Å². The average Bonchev–Trinajstić information content (AvgIpc) is 2.78. The van der Waals surface area contributed by atoms with Crippen molar-refractivity contribution in [1.82, 2.24) is 16.0 Å². The molecule has 1 aromatic rings. The number of guanidine groups is 1. The van der Waals surface area contributed by atoms with Crippen LogP contribution in [0.15, 0.2) is 23.2 Å². The molecule has 32 heavy (non-hydrogen) atoms. The minimum Gasteiger partial charge on any atom is -0.450 e. The zero-order chi connectivity index (χ0) is 22.9. The number of ether oxygens (including phenoxy) is 1. The van der Waals surface area contributed by atoms with Gasteiger partial charge in [0.15, 0.2) is 17.6 Å². The van der Waals surface area contributed by atoms with Crippen molar-refractivity contribution >= 4 is 18.0 Å². The summed E-state index contributed by atoms with van der Waals surface area (Å²) < 4.78 is 31.7. The van der Waals surface area contributed by atoms with E-state index >= 15 is 0 Å². The molecule has 0 saturated heterocycles. The van der Waals surface area contributed by atoms with Crippen LogP contribution in [0.3, 0.4) is 0 Å². The Balaban J connectivity index is 1.63. The number of nitrogens with zero attached hydrogens (tertiary/aromatic N) is 1. The van der Waals surface area contributed by atoms with Crippen LogP contribution in [0.5, 0.6) is 0 Å². The molecule has 2 amide bonds. The smallest absolute Gasteiger partial charge is 0.407 e. The minimum absolute atomic E-state index is 0.00371. The maximum absolute atomic E-state index is 13.6. The van der Waals surface area contributed by atoms with Gasteiger partial charge in [-0.05, 0) is 63.6 Å². The van der Waals surface area contributed by atoms with E-state index in [-0.39, 0.29) is 23.7 Å². The number of hydrogen-bond donors (Lipinski definition) is 3. The first kappa shape index (κ1) is 23.9. The lowest BCUT2D eigenvalue weighted by molar-refractivity contribution is 0.100. The van der Waals surface area contributed by atoms with Crippen molar-refractivity contribution < 1.29 is 23.1 Å². The fourth-order valence-electron chi connectivity index (χ4n) is 4.26. The predicted molar refractivity (Wildman–Crippen MR) is 117 cm³/mol. The number of aliphatic imine (C=N–C) groups is 1. The van der Waals surface area contributed by atoms with Crippen LogP contribution >= 0.6 is 0 Å². The van der Waals surface area contributed by atoms with Crippen LogP contribution in [0.25, 0.3) is 0 Å². The summed E-state index contributed by atoms with van der Waals surface area (Å²) in [6.45, 7) is 2.10. The van der Waals surface area contributed by atoms with Gasteiger partial charge >= 0.3 is 6.09 Å². The highest BCUT2D eigenvalue weighted by Gasteiger charge is 2.25. The van der Waals surface area contributed by atoms with Gasteiger partial charge in [0.05, 0.1) is 6.61 Å². The van der Waals surface area contributed by atoms with E-state index < -0.39 is 23.6 Å². The summed E-state index contributed by atoms with van der Waals surface area (Å²) >= 11 is 0. The van der Waals surface area contributed by atoms with Gasteiger partial charge in [-0.15, -0.1) is 0 Å². The highest BCUT2D eigenvalue weighted by atomic mass is 19.2. The van der Waals surface area contributed by atoms with Gasteiger partial charge in [0.25, 0.3) is 5.91 Å². The largest absolute Gasteiger partial charge is 0.450 e. The Morgan fingerprint density at radius 1 is 0.906 bits per heavy atom. The Morgan fingerprint density at radius 3 is 2.09 bits per heavy atom. The number of hydrogen-bond acceptors (Lipinski definition) is 3. The number of nitrogens with one attached hydrogen (secondary N) is 3. The number of rotatable bonds is 5. The number of carbonyl (C=O) groups is 2. The Labute approximate surface area is 187 Å². The molecule has 3 N–H and O–H groups in total. The minimum atomic E-state index is -1.08. The second-order valence-electron chi connectivity index (χ2n) is 8.43. The summed E-state index contributed by atoms with van der Waals surface area (Å²) in [7, 11) is 0. The van der Waals surface area contributed by atoms with Gasteiger partial charge in [0.2, 0.25) is 0 Å². The van der Waals surface area contributed by atoms with Gasteiger partial charge in [-0.2, -0.15) is 4.99 Å². The van der Waals surface area contributed by atoms with Gasteiger partial charge in [-0.25, -0.2) is 13.6 Å². The van der Waals surface area contributed by atoms with Gasteiger partial charge in [0, 0.05) is 23.7 Å². The standard InChI is InChI=1S/C23H32F2N4O3/c1-2-32-23(31)28-18-11-9-17(10-12-18)27-22(26-16-6-4-3-5-7-16)29-21(30)15-8-13-19(24)20(25)14-15/h8,13-14,16-18H,2-7,9-12H2,1H3,(H,28,31)(H2,26,27,29,30)/t17-,18-. The summed E-state index contributed by atoms with van der Waals surface area (Å²) in [5, 5.41) is 9.55. The molecule has 0 aromatic heterocycles. The third-order valence-electron chi connectivity index (χ3n) is 5.99. The topological polar surface area (TPSA) is 91.8 Å². The molecule has 3 rings (SSSR count). The van der Waals surface area contributed by atoms with E-state index in [1.807, 2.05) is 0 Å². The number of carbonyl (C=O) groups excluding carboxylic acids is 2. The van der Waals surface area contributed by atoms with E-state index in [9.17, 15) is 18.4 Å². The molecule has 2 aliphatic rings. The van der Waals surface area contributed by atoms with Crippen LogP contribution in [0, 0.1) is 11.6 Å². The molecule has 176 valence electrons. The third-order valence-corrected chi connectivity index (χ3v) is 5.99. The summed E-state index contributed by atoms with van der Waals surface area (Å²) in [5.74, 6) is -2.34. The molecule has 9 heteroatoms. The Bertz CT molecular complexity index is 819. The highest BCUT2D eigenvalue weighted by Crippen LogP contribution is 2.20. The maximum atomic E-state index is 13.6. The molecule has 0 heterocycles. The number of alkyl carbamates (subject to hydrolysis) is 1. The summed E-state index contributed by atoms with van der Waals surface area (Å²) in [6, 6.07) is 3.39.